The number of rotatable bonds is 26. The van der Waals surface area contributed by atoms with Crippen molar-refractivity contribution in [2.75, 3.05) is 7.11 Å². The van der Waals surface area contributed by atoms with E-state index in [1.807, 2.05) is 78.9 Å². The van der Waals surface area contributed by atoms with Gasteiger partial charge in [0.1, 0.15) is 25.3 Å². The number of benzene rings is 3. The third kappa shape index (κ3) is 16.2. The second-order valence-electron chi connectivity index (χ2n) is 23.0. The molecule has 0 heterocycles. The summed E-state index contributed by atoms with van der Waals surface area (Å²) in [7, 11) is 1.40. The number of ether oxygens (including phenoxy) is 3. The molecule has 0 aromatic heterocycles. The van der Waals surface area contributed by atoms with Crippen molar-refractivity contribution in [1.82, 2.24) is 21.3 Å². The number of aliphatic carboxylic acids is 1. The van der Waals surface area contributed by atoms with Gasteiger partial charge >= 0.3 is 23.9 Å². The molecule has 0 radical (unpaired) electrons. The molecule has 3 aromatic rings. The number of carboxylic acids is 1. The molecule has 0 spiro atoms. The lowest BCUT2D eigenvalue weighted by atomic mass is 9.43. The van der Waals surface area contributed by atoms with Gasteiger partial charge in [-0.3, -0.25) is 33.6 Å². The minimum atomic E-state index is -1.40. The van der Waals surface area contributed by atoms with Crippen molar-refractivity contribution in [1.29, 1.82) is 0 Å². The number of methoxy groups -OCH3 is 1. The summed E-state index contributed by atoms with van der Waals surface area (Å²) >= 11 is 0. The Morgan fingerprint density at radius 2 is 1.14 bits per heavy atom. The van der Waals surface area contributed by atoms with Crippen LogP contribution in [0.4, 0.5) is 0 Å². The summed E-state index contributed by atoms with van der Waals surface area (Å²) in [6.07, 6.45) is 3.15. The molecule has 4 aliphatic rings. The van der Waals surface area contributed by atoms with Gasteiger partial charge in [0.15, 0.2) is 0 Å². The summed E-state index contributed by atoms with van der Waals surface area (Å²) in [5, 5.41) is 45.8. The van der Waals surface area contributed by atoms with E-state index < -0.39 is 71.4 Å². The Labute approximate surface area is 470 Å². The molecular formula is C61H83ClN4O13. The molecule has 18 heteroatoms. The Balaban J connectivity index is 0.0000101. The first kappa shape index (κ1) is 62.3. The molecule has 4 saturated carbocycles. The molecule has 4 unspecified atom stereocenters. The maximum atomic E-state index is 14.7. The maximum absolute atomic E-state index is 14.7. The topological polar surface area (TPSA) is 256 Å². The highest BCUT2D eigenvalue weighted by molar-refractivity contribution is 5.93. The van der Waals surface area contributed by atoms with Gasteiger partial charge in [-0.05, 0) is 134 Å². The molecule has 3 amide bonds. The van der Waals surface area contributed by atoms with Crippen molar-refractivity contribution in [3.05, 3.63) is 108 Å². The van der Waals surface area contributed by atoms with E-state index in [1.54, 1.807) is 12.1 Å². The summed E-state index contributed by atoms with van der Waals surface area (Å²) in [5.41, 5.74) is 1.71. The predicted octanol–water partition coefficient (Wildman–Crippen LogP) is 7.12. The van der Waals surface area contributed by atoms with E-state index in [2.05, 4.69) is 42.0 Å². The van der Waals surface area contributed by atoms with Crippen LogP contribution in [-0.2, 0) is 67.5 Å². The number of fused-ring (bicyclic) bond motifs is 5. The standard InChI is InChI=1S/C61H82N4O13.ClH/c1-38(20-27-53(70)76-4)44-21-22-45-56-46(34-51(67)61(44,45)3)60(2)31-30-43(32-42(60)33-50(56)66)63-58(74)48(24-28-54(71)77-36-40-16-10-6-11-17-40)65-59(75)49(25-29-55(72)78-37-41-18-12-7-13-19-41)64-57(73)47(23-26-52(68)69)62-35-39-14-8-5-9-15-39;/h5-19,38,42-51,56,62,66-67H,20-37H2,1-4H3,(H,63,74)(H,64,73)(H,65,75)(H,68,69);1H/t38?,42-,43-,44+,45-,46-,47?,48?,49?,50+,51-,56-,60-,61+;/m0./s1. The monoisotopic (exact) mass is 1110 g/mol. The van der Waals surface area contributed by atoms with Crippen LogP contribution in [-0.4, -0.2) is 100 Å². The van der Waals surface area contributed by atoms with Crippen molar-refractivity contribution < 1.29 is 63.1 Å². The number of esters is 3. The minimum absolute atomic E-state index is 0. The smallest absolute Gasteiger partial charge is 0.306 e. The highest BCUT2D eigenvalue weighted by atomic mass is 35.5. The summed E-state index contributed by atoms with van der Waals surface area (Å²) in [4.78, 5) is 93.6. The van der Waals surface area contributed by atoms with E-state index in [9.17, 15) is 48.9 Å². The van der Waals surface area contributed by atoms with Crippen LogP contribution >= 0.6 is 12.4 Å². The highest BCUT2D eigenvalue weighted by Crippen LogP contribution is 2.68. The zero-order chi connectivity index (χ0) is 56.0. The molecular weight excluding hydrogens is 1030 g/mol. The van der Waals surface area contributed by atoms with Gasteiger partial charge in [-0.15, -0.1) is 12.4 Å². The number of carboxylic acid groups (broad SMARTS) is 1. The summed E-state index contributed by atoms with van der Waals surface area (Å²) in [5.74, 6) is -4.09. The molecule has 432 valence electrons. The van der Waals surface area contributed by atoms with E-state index in [1.165, 1.54) is 7.11 Å². The lowest BCUT2D eigenvalue weighted by Gasteiger charge is -2.63. The van der Waals surface area contributed by atoms with Gasteiger partial charge in [-0.2, -0.15) is 0 Å². The average Bonchev–Trinajstić information content (AvgIpc) is 3.65. The SMILES string of the molecule is COC(=O)CCC(C)[C@H]1CC[C@H]2[C@@H]3[C@H](O)C[C@@H]4C[C@@H](NC(=O)C(CCC(=O)OCc5ccccc5)NC(=O)C(CCC(=O)OCc5ccccc5)NC(=O)C(CCC(=O)O)NCc5ccccc5)CC[C@]4(C)[C@H]3C[C@H](O)[C@]12C.Cl. The fourth-order valence-electron chi connectivity index (χ4n) is 13.9. The van der Waals surface area contributed by atoms with Crippen LogP contribution in [0, 0.1) is 46.3 Å². The third-order valence-corrected chi connectivity index (χ3v) is 18.3. The molecule has 0 aliphatic heterocycles. The number of hydrogen-bond donors (Lipinski definition) is 7. The maximum Gasteiger partial charge on any atom is 0.306 e. The number of halogens is 1. The van der Waals surface area contributed by atoms with Crippen LogP contribution in [0.3, 0.4) is 0 Å². The molecule has 7 N–H and O–H groups in total. The van der Waals surface area contributed by atoms with Crippen molar-refractivity contribution in [2.24, 2.45) is 46.3 Å². The van der Waals surface area contributed by atoms with Crippen molar-refractivity contribution >= 4 is 54.0 Å². The second kappa shape index (κ2) is 29.0. The first-order valence-corrected chi connectivity index (χ1v) is 28.1. The number of aliphatic hydroxyl groups excluding tert-OH is 2. The van der Waals surface area contributed by atoms with E-state index in [0.717, 1.165) is 36.0 Å². The zero-order valence-electron chi connectivity index (χ0n) is 46.1. The van der Waals surface area contributed by atoms with E-state index in [-0.39, 0.29) is 124 Å². The van der Waals surface area contributed by atoms with Gasteiger partial charge in [0.2, 0.25) is 17.7 Å². The van der Waals surface area contributed by atoms with Crippen molar-refractivity contribution in [3.63, 3.8) is 0 Å². The van der Waals surface area contributed by atoms with Gasteiger partial charge in [0, 0.05) is 38.3 Å². The van der Waals surface area contributed by atoms with Crippen LogP contribution in [0.5, 0.6) is 0 Å². The van der Waals surface area contributed by atoms with E-state index in [0.29, 0.717) is 38.5 Å². The number of nitrogens with one attached hydrogen (secondary N) is 4. The van der Waals surface area contributed by atoms with Gasteiger partial charge < -0.3 is 50.8 Å². The number of amides is 3. The molecule has 7 rings (SSSR count). The Morgan fingerprint density at radius 3 is 1.70 bits per heavy atom. The normalized spacial score (nSPS) is 27.3. The fourth-order valence-corrected chi connectivity index (χ4v) is 13.9. The third-order valence-electron chi connectivity index (χ3n) is 18.3. The van der Waals surface area contributed by atoms with Crippen molar-refractivity contribution in [3.8, 4) is 0 Å². The number of aliphatic hydroxyl groups is 2. The molecule has 17 nitrogen and oxygen atoms in total. The summed E-state index contributed by atoms with van der Waals surface area (Å²) in [6, 6.07) is 23.3. The van der Waals surface area contributed by atoms with Gasteiger partial charge in [-0.1, -0.05) is 112 Å². The molecule has 4 aliphatic carbocycles. The van der Waals surface area contributed by atoms with Crippen LogP contribution < -0.4 is 21.3 Å². The summed E-state index contributed by atoms with van der Waals surface area (Å²) in [6.45, 7) is 6.83. The number of carbonyl (C=O) groups is 7. The van der Waals surface area contributed by atoms with Gasteiger partial charge in [0.25, 0.3) is 0 Å². The Bertz CT molecular complexity index is 2510. The minimum Gasteiger partial charge on any atom is -0.481 e. The lowest BCUT2D eigenvalue weighted by molar-refractivity contribution is -0.202. The van der Waals surface area contributed by atoms with Crippen LogP contribution in [0.25, 0.3) is 0 Å². The molecule has 79 heavy (non-hydrogen) atoms. The Morgan fingerprint density at radius 1 is 0.620 bits per heavy atom. The molecule has 0 saturated heterocycles. The van der Waals surface area contributed by atoms with Gasteiger partial charge in [0.05, 0.1) is 25.4 Å². The second-order valence-corrected chi connectivity index (χ2v) is 23.0. The molecule has 0 bridgehead atoms. The molecule has 4 fully saturated rings. The first-order valence-electron chi connectivity index (χ1n) is 28.1. The van der Waals surface area contributed by atoms with Crippen LogP contribution in [0.15, 0.2) is 91.0 Å². The fraction of sp³-hybridized carbons (Fsp3) is 0.590. The quantitative estimate of drug-likeness (QED) is 0.0312. The van der Waals surface area contributed by atoms with E-state index in [4.69, 9.17) is 14.2 Å². The first-order chi connectivity index (χ1) is 37.4. The van der Waals surface area contributed by atoms with Crippen LogP contribution in [0.1, 0.15) is 134 Å². The zero-order valence-corrected chi connectivity index (χ0v) is 47.0. The van der Waals surface area contributed by atoms with Gasteiger partial charge in [-0.25, -0.2) is 0 Å². The molecule has 14 atom stereocenters. The van der Waals surface area contributed by atoms with E-state index >= 15 is 0 Å². The highest BCUT2D eigenvalue weighted by Gasteiger charge is 2.66. The molecule has 3 aromatic carbocycles. The van der Waals surface area contributed by atoms with Crippen LogP contribution in [0.2, 0.25) is 0 Å². The predicted molar refractivity (Wildman–Crippen MR) is 296 cm³/mol. The number of hydrogen-bond acceptors (Lipinski definition) is 13. The summed E-state index contributed by atoms with van der Waals surface area (Å²) < 4.78 is 16.0. The Kier molecular flexibility index (Phi) is 22.9. The Hall–Kier alpha value is -5.88. The number of carbonyl (C=O) groups excluding carboxylic acids is 6. The average molecular weight is 1120 g/mol. The lowest BCUT2D eigenvalue weighted by Crippen LogP contribution is -2.63. The van der Waals surface area contributed by atoms with Crippen molar-refractivity contribution in [2.45, 2.75) is 173 Å². The largest absolute Gasteiger partial charge is 0.481 e.